The fourth-order valence-corrected chi connectivity index (χ4v) is 1.95. The average Bonchev–Trinajstić information content (AvgIpc) is 2.63. The van der Waals surface area contributed by atoms with Gasteiger partial charge in [-0.25, -0.2) is 14.5 Å². The third-order valence-corrected chi connectivity index (χ3v) is 2.70. The van der Waals surface area contributed by atoms with Crippen molar-refractivity contribution in [2.75, 3.05) is 21.2 Å². The summed E-state index contributed by atoms with van der Waals surface area (Å²) in [5.74, 6) is -1.18. The number of hydrogen-bond donors (Lipinski definition) is 0. The number of amides is 2. The lowest BCUT2D eigenvalue weighted by atomic mass is 10.1. The largest absolute Gasteiger partial charge is 0.467 e. The zero-order chi connectivity index (χ0) is 16.4. The topological polar surface area (TPSA) is 76.2 Å². The molecule has 0 saturated carbocycles. The molecule has 7 nitrogen and oxygen atoms in total. The van der Waals surface area contributed by atoms with Crippen LogP contribution in [-0.4, -0.2) is 60.6 Å². The van der Waals surface area contributed by atoms with Gasteiger partial charge in [0, 0.05) is 32.3 Å². The molecule has 0 N–H and O–H groups in total. The van der Waals surface area contributed by atoms with Gasteiger partial charge < -0.3 is 14.4 Å². The highest BCUT2D eigenvalue weighted by Crippen LogP contribution is 2.27. The molecule has 1 fully saturated rings. The summed E-state index contributed by atoms with van der Waals surface area (Å²) in [6.45, 7) is 5.07. The molecular formula is C14H22N2O5. The minimum atomic E-state index is -0.983. The summed E-state index contributed by atoms with van der Waals surface area (Å²) < 4.78 is 9.85. The van der Waals surface area contributed by atoms with Gasteiger partial charge in [-0.2, -0.15) is 0 Å². The van der Waals surface area contributed by atoms with E-state index in [4.69, 9.17) is 4.74 Å². The number of ether oxygens (including phenoxy) is 2. The van der Waals surface area contributed by atoms with Crippen LogP contribution in [0.4, 0.5) is 4.79 Å². The quantitative estimate of drug-likeness (QED) is 0.562. The van der Waals surface area contributed by atoms with Gasteiger partial charge in [-0.1, -0.05) is 0 Å². The first-order valence-corrected chi connectivity index (χ1v) is 6.58. The molecule has 118 valence electrons. The first-order chi connectivity index (χ1) is 9.56. The molecule has 1 aliphatic heterocycles. The Morgan fingerprint density at radius 2 is 1.90 bits per heavy atom. The van der Waals surface area contributed by atoms with Crippen LogP contribution in [0.15, 0.2) is 11.8 Å². The van der Waals surface area contributed by atoms with Crippen molar-refractivity contribution in [3.63, 3.8) is 0 Å². The van der Waals surface area contributed by atoms with Gasteiger partial charge in [-0.15, -0.1) is 0 Å². The van der Waals surface area contributed by atoms with Gasteiger partial charge in [0.2, 0.25) is 0 Å². The average molecular weight is 298 g/mol. The fraction of sp³-hybridized carbons (Fsp3) is 0.643. The van der Waals surface area contributed by atoms with Gasteiger partial charge in [0.25, 0.3) is 5.91 Å². The second kappa shape index (κ2) is 6.15. The summed E-state index contributed by atoms with van der Waals surface area (Å²) in [5.41, 5.74) is -0.396. The molecule has 0 spiro atoms. The molecule has 2 amide bonds. The molecule has 1 rings (SSSR count). The highest BCUT2D eigenvalue weighted by atomic mass is 16.6. The van der Waals surface area contributed by atoms with Crippen LogP contribution in [-0.2, 0) is 19.1 Å². The van der Waals surface area contributed by atoms with E-state index in [1.54, 1.807) is 46.0 Å². The van der Waals surface area contributed by atoms with Crippen molar-refractivity contribution in [1.29, 1.82) is 0 Å². The van der Waals surface area contributed by atoms with Crippen molar-refractivity contribution in [3.8, 4) is 0 Å². The van der Waals surface area contributed by atoms with Crippen LogP contribution in [0.2, 0.25) is 0 Å². The molecule has 1 heterocycles. The molecule has 0 unspecified atom stereocenters. The van der Waals surface area contributed by atoms with Crippen LogP contribution < -0.4 is 0 Å². The molecule has 7 heteroatoms. The Labute approximate surface area is 124 Å². The molecule has 0 aromatic rings. The number of likely N-dealkylation sites (tertiary alicyclic amines) is 1. The van der Waals surface area contributed by atoms with E-state index in [0.717, 1.165) is 4.90 Å². The summed E-state index contributed by atoms with van der Waals surface area (Å²) in [6.07, 6.45) is 0.857. The summed E-state index contributed by atoms with van der Waals surface area (Å²) in [7, 11) is 4.72. The Hall–Kier alpha value is -2.05. The van der Waals surface area contributed by atoms with Gasteiger partial charge in [0.15, 0.2) is 0 Å². The van der Waals surface area contributed by atoms with Crippen molar-refractivity contribution in [1.82, 2.24) is 9.80 Å². The lowest BCUT2D eigenvalue weighted by molar-refractivity contribution is -0.148. The van der Waals surface area contributed by atoms with Crippen molar-refractivity contribution in [2.24, 2.45) is 0 Å². The Morgan fingerprint density at radius 3 is 2.33 bits per heavy atom. The van der Waals surface area contributed by atoms with Crippen LogP contribution in [0.25, 0.3) is 0 Å². The molecule has 0 radical (unpaired) electrons. The SMILES string of the molecule is COC(=O)[C@@H]1CC(=CN(C)C)C(=O)N1C(=O)OC(C)(C)C. The molecule has 0 bridgehead atoms. The minimum Gasteiger partial charge on any atom is -0.467 e. The maximum atomic E-state index is 12.3. The van der Waals surface area contributed by atoms with Crippen molar-refractivity contribution in [3.05, 3.63) is 11.8 Å². The van der Waals surface area contributed by atoms with E-state index < -0.39 is 29.6 Å². The Balaban J connectivity index is 3.09. The number of rotatable bonds is 2. The zero-order valence-electron chi connectivity index (χ0n) is 13.3. The van der Waals surface area contributed by atoms with E-state index in [1.165, 1.54) is 7.11 Å². The molecule has 0 aromatic heterocycles. The van der Waals surface area contributed by atoms with E-state index in [0.29, 0.717) is 5.57 Å². The van der Waals surface area contributed by atoms with E-state index in [1.807, 2.05) is 0 Å². The second-order valence-electron chi connectivity index (χ2n) is 6.02. The molecule has 0 aliphatic carbocycles. The molecule has 1 saturated heterocycles. The Kier molecular flexibility index (Phi) is 4.98. The van der Waals surface area contributed by atoms with E-state index in [9.17, 15) is 14.4 Å². The number of imide groups is 1. The van der Waals surface area contributed by atoms with E-state index in [2.05, 4.69) is 4.74 Å². The summed E-state index contributed by atoms with van der Waals surface area (Å²) >= 11 is 0. The number of esters is 1. The summed E-state index contributed by atoms with van der Waals surface area (Å²) in [4.78, 5) is 38.8. The highest BCUT2D eigenvalue weighted by molar-refractivity contribution is 6.08. The zero-order valence-corrected chi connectivity index (χ0v) is 13.3. The lowest BCUT2D eigenvalue weighted by Crippen LogP contribution is -2.45. The van der Waals surface area contributed by atoms with Gasteiger partial charge in [-0.3, -0.25) is 4.79 Å². The number of carbonyl (C=O) groups is 3. The van der Waals surface area contributed by atoms with Crippen LogP contribution in [0.5, 0.6) is 0 Å². The standard InChI is InChI=1S/C14H22N2O5/c1-14(2,3)21-13(19)16-10(12(18)20-6)7-9(11(16)17)8-15(4)5/h8,10H,7H2,1-6H3/t10-/m0/s1. The maximum absolute atomic E-state index is 12.3. The summed E-state index contributed by atoms with van der Waals surface area (Å²) in [6, 6.07) is -0.983. The number of nitrogens with zero attached hydrogens (tertiary/aromatic N) is 2. The second-order valence-corrected chi connectivity index (χ2v) is 6.02. The van der Waals surface area contributed by atoms with Crippen LogP contribution >= 0.6 is 0 Å². The molecule has 1 aliphatic rings. The first-order valence-electron chi connectivity index (χ1n) is 6.58. The van der Waals surface area contributed by atoms with Gasteiger partial charge in [-0.05, 0) is 20.8 Å². The molecular weight excluding hydrogens is 276 g/mol. The van der Waals surface area contributed by atoms with E-state index in [-0.39, 0.29) is 6.42 Å². The minimum absolute atomic E-state index is 0.114. The van der Waals surface area contributed by atoms with Gasteiger partial charge in [0.05, 0.1) is 7.11 Å². The number of methoxy groups -OCH3 is 1. The summed E-state index contributed by atoms with van der Waals surface area (Å²) in [5, 5.41) is 0. The van der Waals surface area contributed by atoms with Gasteiger partial charge >= 0.3 is 12.1 Å². The van der Waals surface area contributed by atoms with Crippen molar-refractivity contribution >= 4 is 18.0 Å². The predicted octanol–water partition coefficient (Wildman–Crippen LogP) is 1.14. The Bertz CT molecular complexity index is 476. The first kappa shape index (κ1) is 17.0. The third-order valence-electron chi connectivity index (χ3n) is 2.70. The van der Waals surface area contributed by atoms with Crippen LogP contribution in [0, 0.1) is 0 Å². The number of carbonyl (C=O) groups excluding carboxylic acids is 3. The maximum Gasteiger partial charge on any atom is 0.418 e. The van der Waals surface area contributed by atoms with Crippen molar-refractivity contribution < 1.29 is 23.9 Å². The number of hydrogen-bond acceptors (Lipinski definition) is 6. The van der Waals surface area contributed by atoms with Gasteiger partial charge in [0.1, 0.15) is 11.6 Å². The van der Waals surface area contributed by atoms with Crippen LogP contribution in [0.3, 0.4) is 0 Å². The lowest BCUT2D eigenvalue weighted by Gasteiger charge is -2.25. The smallest absolute Gasteiger partial charge is 0.418 e. The normalized spacial score (nSPS) is 20.7. The molecule has 21 heavy (non-hydrogen) atoms. The van der Waals surface area contributed by atoms with E-state index >= 15 is 0 Å². The Morgan fingerprint density at radius 1 is 1.33 bits per heavy atom. The van der Waals surface area contributed by atoms with Crippen molar-refractivity contribution in [2.45, 2.75) is 38.8 Å². The third kappa shape index (κ3) is 4.21. The highest BCUT2D eigenvalue weighted by Gasteiger charge is 2.46. The molecule has 0 aromatic carbocycles. The fourth-order valence-electron chi connectivity index (χ4n) is 1.95. The monoisotopic (exact) mass is 298 g/mol. The van der Waals surface area contributed by atoms with Crippen LogP contribution in [0.1, 0.15) is 27.2 Å². The molecule has 1 atom stereocenters. The predicted molar refractivity (Wildman–Crippen MR) is 75.3 cm³/mol.